The van der Waals surface area contributed by atoms with E-state index in [1.165, 1.54) is 63.9 Å². The van der Waals surface area contributed by atoms with Crippen molar-refractivity contribution in [2.75, 3.05) is 6.61 Å². The van der Waals surface area contributed by atoms with E-state index in [0.717, 1.165) is 24.8 Å². The first-order chi connectivity index (χ1) is 30.3. The van der Waals surface area contributed by atoms with E-state index in [1.807, 2.05) is 67.6 Å². The molecule has 3 bridgehead atoms. The zero-order valence-electron chi connectivity index (χ0n) is 37.6. The van der Waals surface area contributed by atoms with Crippen LogP contribution in [0.4, 0.5) is 0 Å². The summed E-state index contributed by atoms with van der Waals surface area (Å²) >= 11 is 0. The molecule has 2 aromatic rings. The molecule has 0 radical (unpaired) electrons. The van der Waals surface area contributed by atoms with Gasteiger partial charge in [0.15, 0.2) is 22.6 Å². The van der Waals surface area contributed by atoms with Crippen LogP contribution < -0.4 is 0 Å². The molecule has 2 aromatic carbocycles. The van der Waals surface area contributed by atoms with Crippen LogP contribution in [0.5, 0.6) is 0 Å². The van der Waals surface area contributed by atoms with Gasteiger partial charge in [0.05, 0.1) is 5.60 Å². The van der Waals surface area contributed by atoms with Crippen molar-refractivity contribution in [2.24, 2.45) is 23.7 Å². The van der Waals surface area contributed by atoms with Crippen LogP contribution in [0.3, 0.4) is 0 Å². The molecular weight excluding hydrogens is 801 g/mol. The predicted molar refractivity (Wildman–Crippen MR) is 236 cm³/mol. The summed E-state index contributed by atoms with van der Waals surface area (Å²) in [7, 11) is 0. The number of hydrogen-bond donors (Lipinski definition) is 2. The average Bonchev–Trinajstić information content (AvgIpc) is 3.89. The van der Waals surface area contributed by atoms with Crippen LogP contribution in [0.25, 0.3) is 6.08 Å². The van der Waals surface area contributed by atoms with Crippen molar-refractivity contribution in [2.45, 2.75) is 177 Å². The van der Waals surface area contributed by atoms with Gasteiger partial charge in [0.1, 0.15) is 31.0 Å². The highest BCUT2D eigenvalue weighted by atomic mass is 16.9. The molecule has 63 heavy (non-hydrogen) atoms. The van der Waals surface area contributed by atoms with Crippen LogP contribution in [0, 0.1) is 23.7 Å². The molecule has 6 aliphatic rings. The Kier molecular flexibility index (Phi) is 13.3. The molecule has 2 N–H and O–H groups in total. The number of benzene rings is 2. The van der Waals surface area contributed by atoms with Crippen molar-refractivity contribution in [3.8, 4) is 0 Å². The summed E-state index contributed by atoms with van der Waals surface area (Å²) in [5.74, 6) is -6.79. The lowest BCUT2D eigenvalue weighted by molar-refractivity contribution is -0.443. The van der Waals surface area contributed by atoms with Crippen LogP contribution in [-0.2, 0) is 48.8 Å². The molecule has 342 valence electrons. The highest BCUT2D eigenvalue weighted by Crippen LogP contribution is 2.75. The van der Waals surface area contributed by atoms with Crippen LogP contribution in [0.15, 0.2) is 78.9 Å². The van der Waals surface area contributed by atoms with E-state index in [4.69, 9.17) is 28.4 Å². The first-order valence-corrected chi connectivity index (χ1v) is 23.8. The standard InChI is InChI=1S/C52H68O11/c1-6-7-8-9-10-11-12-13-14-15-16-17-24-29-40(53)58-33-48-45(60-48)42-46-50(34(2)3)44(59-41(54)31-30-37-25-20-18-21-26-37)36(5)51(42,39-32-35(4)43(55)49(39,57)47(48)56)63-52(61-46,62-50)38-27-22-19-23-28-38/h18-23,25-28,30-31,35-36,39,42,44-47,56-57H,2,6-17,24,29,32-33H2,1,3-5H3. The maximum atomic E-state index is 14.4. The largest absolute Gasteiger partial charge is 0.462 e. The van der Waals surface area contributed by atoms with Gasteiger partial charge >= 0.3 is 17.9 Å². The molecule has 13 unspecified atom stereocenters. The minimum absolute atomic E-state index is 0.154. The normalized spacial score (nSPS) is 38.2. The highest BCUT2D eigenvalue weighted by molar-refractivity contribution is 5.93. The Morgan fingerprint density at radius 1 is 0.841 bits per heavy atom. The van der Waals surface area contributed by atoms with Crippen LogP contribution in [0.2, 0.25) is 0 Å². The van der Waals surface area contributed by atoms with Gasteiger partial charge in [-0.15, -0.1) is 0 Å². The third-order valence-corrected chi connectivity index (χ3v) is 15.4. The van der Waals surface area contributed by atoms with Crippen LogP contribution in [0.1, 0.15) is 135 Å². The van der Waals surface area contributed by atoms with Crippen molar-refractivity contribution in [3.05, 3.63) is 90.0 Å². The average molecular weight is 869 g/mol. The van der Waals surface area contributed by atoms with Gasteiger partial charge in [-0.3, -0.25) is 9.59 Å². The highest BCUT2D eigenvalue weighted by Gasteiger charge is 2.91. The van der Waals surface area contributed by atoms with Crippen molar-refractivity contribution < 1.29 is 53.0 Å². The number of hydrogen-bond acceptors (Lipinski definition) is 11. The van der Waals surface area contributed by atoms with E-state index in [-0.39, 0.29) is 19.4 Å². The second-order valence-corrected chi connectivity index (χ2v) is 19.4. The van der Waals surface area contributed by atoms with E-state index in [0.29, 0.717) is 17.6 Å². The molecule has 3 heterocycles. The van der Waals surface area contributed by atoms with E-state index < -0.39 is 94.2 Å². The maximum Gasteiger partial charge on any atom is 0.331 e. The fraction of sp³-hybridized carbons (Fsp3) is 0.635. The van der Waals surface area contributed by atoms with Gasteiger partial charge in [0.2, 0.25) is 0 Å². The smallest absolute Gasteiger partial charge is 0.331 e. The fourth-order valence-corrected chi connectivity index (χ4v) is 12.2. The number of carbonyl (C=O) groups excluding carboxylic acids is 3. The molecule has 3 saturated heterocycles. The Morgan fingerprint density at radius 3 is 2.06 bits per heavy atom. The summed E-state index contributed by atoms with van der Waals surface area (Å²) in [6.45, 7) is 11.7. The molecule has 3 aliphatic carbocycles. The van der Waals surface area contributed by atoms with Gasteiger partial charge < -0.3 is 38.6 Å². The molecule has 11 heteroatoms. The quantitative estimate of drug-likeness (QED) is 0.0408. The van der Waals surface area contributed by atoms with Crippen LogP contribution >= 0.6 is 0 Å². The Hall–Kier alpha value is -3.71. The number of ketones is 1. The predicted octanol–water partition coefficient (Wildman–Crippen LogP) is 8.68. The number of unbranched alkanes of at least 4 members (excludes halogenated alkanes) is 12. The number of carbonyl (C=O) groups is 3. The second-order valence-electron chi connectivity index (χ2n) is 19.4. The molecular formula is C52H68O11. The summed E-state index contributed by atoms with van der Waals surface area (Å²) in [5.41, 5.74) is -5.27. The Balaban J connectivity index is 1.04. The molecule has 8 rings (SSSR count). The van der Waals surface area contributed by atoms with Gasteiger partial charge in [-0.1, -0.05) is 165 Å². The number of aliphatic hydroxyl groups excluding tert-OH is 1. The Labute approximate surface area is 372 Å². The molecule has 11 nitrogen and oxygen atoms in total. The zero-order valence-corrected chi connectivity index (χ0v) is 37.6. The van der Waals surface area contributed by atoms with Gasteiger partial charge in [-0.2, -0.15) is 0 Å². The minimum Gasteiger partial charge on any atom is -0.462 e. The summed E-state index contributed by atoms with van der Waals surface area (Å²) in [6.07, 6.45) is 14.1. The molecule has 6 fully saturated rings. The summed E-state index contributed by atoms with van der Waals surface area (Å²) in [6, 6.07) is 18.5. The zero-order chi connectivity index (χ0) is 44.6. The number of fused-ring (bicyclic) bond motifs is 3. The van der Waals surface area contributed by atoms with Crippen molar-refractivity contribution >= 4 is 23.8 Å². The van der Waals surface area contributed by atoms with E-state index in [1.54, 1.807) is 19.9 Å². The maximum absolute atomic E-state index is 14.4. The first kappa shape index (κ1) is 45.8. The molecule has 0 spiro atoms. The van der Waals surface area contributed by atoms with E-state index in [2.05, 4.69) is 13.5 Å². The van der Waals surface area contributed by atoms with Crippen molar-refractivity contribution in [1.29, 1.82) is 0 Å². The van der Waals surface area contributed by atoms with Gasteiger partial charge in [0, 0.05) is 41.7 Å². The van der Waals surface area contributed by atoms with Crippen LogP contribution in [-0.4, -0.2) is 81.4 Å². The van der Waals surface area contributed by atoms with Gasteiger partial charge in [-0.25, -0.2) is 4.79 Å². The number of ether oxygens (including phenoxy) is 6. The molecule has 0 amide bonds. The van der Waals surface area contributed by atoms with E-state index in [9.17, 15) is 24.6 Å². The first-order valence-electron chi connectivity index (χ1n) is 23.8. The molecule has 13 atom stereocenters. The fourth-order valence-electron chi connectivity index (χ4n) is 12.2. The monoisotopic (exact) mass is 868 g/mol. The summed E-state index contributed by atoms with van der Waals surface area (Å²) in [5, 5.41) is 25.5. The minimum atomic E-state index is -2.39. The topological polar surface area (TPSA) is 150 Å². The number of Topliss-reactive ketones (excluding diaryl/α,β-unsaturated/α-hetero) is 1. The summed E-state index contributed by atoms with van der Waals surface area (Å²) < 4.78 is 40.4. The summed E-state index contributed by atoms with van der Waals surface area (Å²) in [4.78, 5) is 41.7. The number of rotatable bonds is 21. The SMILES string of the molecule is C=C(C)C12OC3(c4ccccc4)OC1C1C4OC4(COC(=O)CCCCCCCCCCCCCCC)C(O)C4(O)C(=O)C(C)CC4C1(O3)C(C)C2OC(=O)C=Cc1ccccc1. The molecule has 0 aromatic heterocycles. The lowest BCUT2D eigenvalue weighted by atomic mass is 9.52. The van der Waals surface area contributed by atoms with Gasteiger partial charge in [-0.05, 0) is 37.0 Å². The number of epoxide rings is 1. The van der Waals surface area contributed by atoms with Gasteiger partial charge in [0.25, 0.3) is 0 Å². The number of esters is 2. The molecule has 3 saturated carbocycles. The third-order valence-electron chi connectivity index (χ3n) is 15.4. The Morgan fingerprint density at radius 2 is 1.44 bits per heavy atom. The molecule has 3 aliphatic heterocycles. The van der Waals surface area contributed by atoms with E-state index >= 15 is 0 Å². The second kappa shape index (κ2) is 18.3. The Bertz CT molecular complexity index is 2000. The third kappa shape index (κ3) is 7.76. The number of aliphatic hydroxyl groups is 2. The lowest BCUT2D eigenvalue weighted by Gasteiger charge is -2.61. The van der Waals surface area contributed by atoms with Crippen molar-refractivity contribution in [1.82, 2.24) is 0 Å². The van der Waals surface area contributed by atoms with Crippen molar-refractivity contribution in [3.63, 3.8) is 0 Å². The lowest BCUT2D eigenvalue weighted by Crippen LogP contribution is -2.76.